The molecular weight excluding hydrogens is 344 g/mol. The van der Waals surface area contributed by atoms with E-state index < -0.39 is 5.66 Å². The molecule has 1 aliphatic rings. The van der Waals surface area contributed by atoms with Gasteiger partial charge in [0.05, 0.1) is 11.9 Å². The van der Waals surface area contributed by atoms with Gasteiger partial charge in [0.25, 0.3) is 0 Å². The van der Waals surface area contributed by atoms with Crippen LogP contribution in [0.5, 0.6) is 5.88 Å². The number of fused-ring (bicyclic) bond motifs is 1. The molecule has 0 radical (unpaired) electrons. The van der Waals surface area contributed by atoms with Crippen molar-refractivity contribution in [2.45, 2.75) is 18.5 Å². The van der Waals surface area contributed by atoms with Gasteiger partial charge in [-0.2, -0.15) is 5.10 Å². The summed E-state index contributed by atoms with van der Waals surface area (Å²) in [5.74, 6) is 0.488. The lowest BCUT2D eigenvalue weighted by molar-refractivity contribution is 0.344. The molecule has 0 amide bonds. The molecule has 3 aromatic rings. The molecule has 0 saturated carbocycles. The molecule has 9 nitrogen and oxygen atoms in total. The number of H-pyrrole nitrogens is 1. The highest BCUT2D eigenvalue weighted by Gasteiger charge is 2.27. The molecule has 25 heavy (non-hydrogen) atoms. The highest BCUT2D eigenvalue weighted by atomic mass is 35.5. The number of hydrogen-bond donors (Lipinski definition) is 4. The van der Waals surface area contributed by atoms with Crippen molar-refractivity contribution in [3.8, 4) is 17.1 Å². The van der Waals surface area contributed by atoms with E-state index >= 15 is 0 Å². The van der Waals surface area contributed by atoms with E-state index in [1.54, 1.807) is 12.3 Å². The third-order valence-corrected chi connectivity index (χ3v) is 4.77. The summed E-state index contributed by atoms with van der Waals surface area (Å²) in [6.45, 7) is 1.44. The monoisotopic (exact) mass is 360 g/mol. The fourth-order valence-electron chi connectivity index (χ4n) is 2.90. The van der Waals surface area contributed by atoms with Crippen molar-refractivity contribution in [1.82, 2.24) is 25.1 Å². The number of aromatic nitrogens is 5. The zero-order chi connectivity index (χ0) is 17.6. The number of pyridine rings is 1. The Morgan fingerprint density at radius 2 is 2.00 bits per heavy atom. The van der Waals surface area contributed by atoms with Crippen molar-refractivity contribution >= 4 is 28.6 Å². The molecule has 0 atom stereocenters. The van der Waals surface area contributed by atoms with Crippen molar-refractivity contribution in [2.24, 2.45) is 11.5 Å². The van der Waals surface area contributed by atoms with Crippen molar-refractivity contribution < 1.29 is 5.11 Å². The lowest BCUT2D eigenvalue weighted by Gasteiger charge is -2.36. The van der Waals surface area contributed by atoms with Gasteiger partial charge in [-0.05, 0) is 18.9 Å². The van der Waals surface area contributed by atoms with Crippen LogP contribution in [0.25, 0.3) is 22.4 Å². The zero-order valence-electron chi connectivity index (χ0n) is 13.3. The second-order valence-electron chi connectivity index (χ2n) is 6.21. The minimum Gasteiger partial charge on any atom is -0.492 e. The van der Waals surface area contributed by atoms with Crippen LogP contribution in [0.3, 0.4) is 0 Å². The topological polar surface area (TPSA) is 143 Å². The summed E-state index contributed by atoms with van der Waals surface area (Å²) in [5, 5.41) is 16.9. The third kappa shape index (κ3) is 2.86. The summed E-state index contributed by atoms with van der Waals surface area (Å²) in [5.41, 5.74) is 13.5. The third-order valence-electron chi connectivity index (χ3n) is 4.40. The van der Waals surface area contributed by atoms with Crippen LogP contribution >= 0.6 is 11.6 Å². The van der Waals surface area contributed by atoms with E-state index in [9.17, 15) is 5.11 Å². The summed E-state index contributed by atoms with van der Waals surface area (Å²) >= 11 is 6.12. The predicted octanol–water partition coefficient (Wildman–Crippen LogP) is 0.988. The number of anilines is 1. The first kappa shape index (κ1) is 16.0. The number of aromatic amines is 1. The zero-order valence-corrected chi connectivity index (χ0v) is 14.0. The van der Waals surface area contributed by atoms with Gasteiger partial charge in [0, 0.05) is 24.8 Å². The van der Waals surface area contributed by atoms with E-state index in [1.807, 2.05) is 0 Å². The first-order valence-electron chi connectivity index (χ1n) is 7.82. The molecule has 0 bridgehead atoms. The Morgan fingerprint density at radius 3 is 2.76 bits per heavy atom. The highest BCUT2D eigenvalue weighted by Crippen LogP contribution is 2.34. The highest BCUT2D eigenvalue weighted by molar-refractivity contribution is 6.34. The van der Waals surface area contributed by atoms with Crippen LogP contribution in [-0.4, -0.2) is 49.0 Å². The molecule has 0 spiro atoms. The van der Waals surface area contributed by atoms with E-state index in [4.69, 9.17) is 23.1 Å². The van der Waals surface area contributed by atoms with Gasteiger partial charge in [-0.1, -0.05) is 11.6 Å². The summed E-state index contributed by atoms with van der Waals surface area (Å²) in [6, 6.07) is 1.67. The van der Waals surface area contributed by atoms with Gasteiger partial charge in [-0.3, -0.25) is 5.10 Å². The number of nitrogens with one attached hydrogen (secondary N) is 1. The fraction of sp³-hybridized carbons (Fsp3) is 0.333. The Balaban J connectivity index is 1.69. The number of hydrogen-bond acceptors (Lipinski definition) is 8. The largest absolute Gasteiger partial charge is 0.492 e. The number of nitrogens with two attached hydrogens (primary N) is 2. The number of aromatic hydroxyl groups is 1. The molecule has 1 fully saturated rings. The van der Waals surface area contributed by atoms with Crippen LogP contribution in [0.2, 0.25) is 5.02 Å². The Hall–Kier alpha value is -2.49. The first-order valence-corrected chi connectivity index (χ1v) is 8.20. The average molecular weight is 361 g/mol. The van der Waals surface area contributed by atoms with E-state index in [-0.39, 0.29) is 10.9 Å². The average Bonchev–Trinajstić information content (AvgIpc) is 3.00. The molecule has 0 aromatic carbocycles. The second-order valence-corrected chi connectivity index (χ2v) is 6.59. The molecule has 1 aliphatic heterocycles. The molecule has 4 heterocycles. The second kappa shape index (κ2) is 5.80. The van der Waals surface area contributed by atoms with E-state index in [1.165, 1.54) is 6.20 Å². The molecule has 0 unspecified atom stereocenters. The van der Waals surface area contributed by atoms with Gasteiger partial charge < -0.3 is 21.5 Å². The molecule has 0 aliphatic carbocycles. The van der Waals surface area contributed by atoms with Crippen molar-refractivity contribution in [3.63, 3.8) is 0 Å². The Bertz CT molecular complexity index is 930. The van der Waals surface area contributed by atoms with Crippen LogP contribution in [0.15, 0.2) is 18.5 Å². The molecule has 130 valence electrons. The normalized spacial score (nSPS) is 17.2. The maximum absolute atomic E-state index is 9.68. The molecule has 6 N–H and O–H groups in total. The Labute approximate surface area is 148 Å². The number of nitrogens with zero attached hydrogens (tertiary/aromatic N) is 5. The standard InChI is InChI=1S/C15H17ClN8O/c16-10-8(1-4-19-14(10)25)11-12-13(23-22-11)21-9(7-20-12)24-5-2-15(17,18)3-6-24/h1,4,7H,2-3,5-6,17-18H2,(H,19,25)(H,21,22,23). The summed E-state index contributed by atoms with van der Waals surface area (Å²) < 4.78 is 0. The molecule has 10 heteroatoms. The van der Waals surface area contributed by atoms with E-state index in [0.29, 0.717) is 35.3 Å². The summed E-state index contributed by atoms with van der Waals surface area (Å²) in [6.07, 6.45) is 4.52. The SMILES string of the molecule is NC1(N)CCN(c2cnc3c(-c4ccnc(O)c4Cl)n[nH]c3n2)CC1. The summed E-state index contributed by atoms with van der Waals surface area (Å²) in [7, 11) is 0. The van der Waals surface area contributed by atoms with Gasteiger partial charge in [-0.25, -0.2) is 15.0 Å². The van der Waals surface area contributed by atoms with Crippen LogP contribution in [0, 0.1) is 0 Å². The van der Waals surface area contributed by atoms with Crippen molar-refractivity contribution in [3.05, 3.63) is 23.5 Å². The van der Waals surface area contributed by atoms with Gasteiger partial charge >= 0.3 is 0 Å². The van der Waals surface area contributed by atoms with Gasteiger partial charge in [0.1, 0.15) is 22.1 Å². The summed E-state index contributed by atoms with van der Waals surface area (Å²) in [4.78, 5) is 14.9. The smallest absolute Gasteiger partial charge is 0.230 e. The molecule has 1 saturated heterocycles. The van der Waals surface area contributed by atoms with Gasteiger partial charge in [0.2, 0.25) is 5.88 Å². The molecule has 4 rings (SSSR count). The van der Waals surface area contributed by atoms with Crippen LogP contribution in [0.1, 0.15) is 12.8 Å². The van der Waals surface area contributed by atoms with Crippen molar-refractivity contribution in [1.29, 1.82) is 0 Å². The lowest BCUT2D eigenvalue weighted by Crippen LogP contribution is -2.57. The Kier molecular flexibility index (Phi) is 3.71. The van der Waals surface area contributed by atoms with E-state index in [2.05, 4.69) is 30.0 Å². The van der Waals surface area contributed by atoms with Gasteiger partial charge in [-0.15, -0.1) is 0 Å². The number of piperidine rings is 1. The molecular formula is C15H17ClN8O. The van der Waals surface area contributed by atoms with Crippen LogP contribution in [-0.2, 0) is 0 Å². The Morgan fingerprint density at radius 1 is 1.24 bits per heavy atom. The number of rotatable bonds is 2. The van der Waals surface area contributed by atoms with Crippen molar-refractivity contribution in [2.75, 3.05) is 18.0 Å². The van der Waals surface area contributed by atoms with Gasteiger partial charge in [0.15, 0.2) is 5.65 Å². The molecule has 3 aromatic heterocycles. The number of halogens is 1. The van der Waals surface area contributed by atoms with Crippen LogP contribution < -0.4 is 16.4 Å². The first-order chi connectivity index (χ1) is 11.9. The minimum atomic E-state index is -0.616. The lowest BCUT2D eigenvalue weighted by atomic mass is 9.99. The maximum Gasteiger partial charge on any atom is 0.230 e. The fourth-order valence-corrected chi connectivity index (χ4v) is 3.10. The predicted molar refractivity (Wildman–Crippen MR) is 94.1 cm³/mol. The quantitative estimate of drug-likeness (QED) is 0.495. The van der Waals surface area contributed by atoms with E-state index in [0.717, 1.165) is 18.9 Å². The minimum absolute atomic E-state index is 0.125. The maximum atomic E-state index is 9.68. The van der Waals surface area contributed by atoms with Crippen LogP contribution in [0.4, 0.5) is 5.82 Å².